The van der Waals surface area contributed by atoms with Gasteiger partial charge in [-0.25, -0.2) is 0 Å². The van der Waals surface area contributed by atoms with E-state index >= 15 is 0 Å². The van der Waals surface area contributed by atoms with Gasteiger partial charge < -0.3 is 14.8 Å². The van der Waals surface area contributed by atoms with Crippen LogP contribution in [0.5, 0.6) is 11.5 Å². The van der Waals surface area contributed by atoms with Gasteiger partial charge in [0.1, 0.15) is 17.6 Å². The molecule has 0 aromatic heterocycles. The van der Waals surface area contributed by atoms with Gasteiger partial charge in [-0.3, -0.25) is 10.1 Å². The number of hydrogen-bond donors (Lipinski definition) is 1. The number of nitro benzene ring substituents is 1. The first-order valence-electron chi connectivity index (χ1n) is 6.89. The Morgan fingerprint density at radius 2 is 2.15 bits per heavy atom. The molecule has 0 radical (unpaired) electrons. The number of rotatable bonds is 5. The predicted molar refractivity (Wildman–Crippen MR) is 75.3 cm³/mol. The topological polar surface area (TPSA) is 73.6 Å². The molecule has 1 aromatic rings. The predicted octanol–water partition coefficient (Wildman–Crippen LogP) is 2.37. The second kappa shape index (κ2) is 6.56. The van der Waals surface area contributed by atoms with Crippen LogP contribution < -0.4 is 14.8 Å². The number of benzene rings is 1. The largest absolute Gasteiger partial charge is 0.493 e. The fraction of sp³-hybridized carbons (Fsp3) is 0.571. The summed E-state index contributed by atoms with van der Waals surface area (Å²) >= 11 is 0. The number of ether oxygens (including phenoxy) is 2. The molecule has 110 valence electrons. The van der Waals surface area contributed by atoms with Crippen LogP contribution in [0.25, 0.3) is 0 Å². The van der Waals surface area contributed by atoms with Crippen molar-refractivity contribution in [3.8, 4) is 11.5 Å². The molecule has 2 unspecified atom stereocenters. The van der Waals surface area contributed by atoms with E-state index in [0.29, 0.717) is 24.0 Å². The van der Waals surface area contributed by atoms with Gasteiger partial charge in [0.25, 0.3) is 5.69 Å². The third-order valence-corrected chi connectivity index (χ3v) is 3.43. The maximum absolute atomic E-state index is 10.9. The molecule has 1 N–H and O–H groups in total. The second-order valence-electron chi connectivity index (χ2n) is 4.98. The smallest absolute Gasteiger partial charge is 0.276 e. The molecule has 0 saturated carbocycles. The quantitative estimate of drug-likeness (QED) is 0.662. The maximum Gasteiger partial charge on any atom is 0.276 e. The molecule has 1 heterocycles. The fourth-order valence-corrected chi connectivity index (χ4v) is 2.27. The van der Waals surface area contributed by atoms with Crippen molar-refractivity contribution in [2.24, 2.45) is 5.92 Å². The van der Waals surface area contributed by atoms with Gasteiger partial charge in [-0.2, -0.15) is 0 Å². The van der Waals surface area contributed by atoms with E-state index in [1.807, 2.05) is 6.92 Å². The van der Waals surface area contributed by atoms with Crippen LogP contribution >= 0.6 is 0 Å². The number of non-ortho nitro benzene ring substituents is 1. The Bertz CT molecular complexity index is 478. The number of piperidine rings is 1. The van der Waals surface area contributed by atoms with Gasteiger partial charge in [-0.05, 0) is 25.8 Å². The summed E-state index contributed by atoms with van der Waals surface area (Å²) in [7, 11) is 0. The molecule has 2 rings (SSSR count). The van der Waals surface area contributed by atoms with E-state index in [1.54, 1.807) is 6.07 Å². The van der Waals surface area contributed by atoms with Crippen molar-refractivity contribution in [1.82, 2.24) is 5.32 Å². The van der Waals surface area contributed by atoms with Crippen molar-refractivity contribution >= 4 is 5.69 Å². The van der Waals surface area contributed by atoms with Crippen LogP contribution in [0.3, 0.4) is 0 Å². The molecule has 1 aliphatic heterocycles. The lowest BCUT2D eigenvalue weighted by molar-refractivity contribution is -0.385. The van der Waals surface area contributed by atoms with Crippen LogP contribution in [0.2, 0.25) is 0 Å². The van der Waals surface area contributed by atoms with Crippen molar-refractivity contribution in [1.29, 1.82) is 0 Å². The number of nitrogens with zero attached hydrogens (tertiary/aromatic N) is 1. The minimum atomic E-state index is -0.433. The number of hydrogen-bond acceptors (Lipinski definition) is 5. The summed E-state index contributed by atoms with van der Waals surface area (Å²) in [5, 5.41) is 14.2. The van der Waals surface area contributed by atoms with Gasteiger partial charge in [0.15, 0.2) is 0 Å². The van der Waals surface area contributed by atoms with E-state index in [9.17, 15) is 10.1 Å². The number of nitro groups is 1. The SMILES string of the molecule is CCOc1cc(OC2CNCCC2C)cc([N+](=O)[O-])c1. The molecule has 1 fully saturated rings. The Kier molecular flexibility index (Phi) is 4.79. The molecular formula is C14H20N2O4. The highest BCUT2D eigenvalue weighted by atomic mass is 16.6. The molecular weight excluding hydrogens is 260 g/mol. The summed E-state index contributed by atoms with van der Waals surface area (Å²) in [5.41, 5.74) is -0.0117. The Hall–Kier alpha value is -1.82. The van der Waals surface area contributed by atoms with Gasteiger partial charge in [0.05, 0.1) is 23.7 Å². The van der Waals surface area contributed by atoms with Crippen LogP contribution in [0.1, 0.15) is 20.3 Å². The zero-order valence-corrected chi connectivity index (χ0v) is 11.8. The van der Waals surface area contributed by atoms with E-state index in [2.05, 4.69) is 12.2 Å². The van der Waals surface area contributed by atoms with E-state index in [-0.39, 0.29) is 11.8 Å². The lowest BCUT2D eigenvalue weighted by Crippen LogP contribution is -2.42. The van der Waals surface area contributed by atoms with Crippen LogP contribution in [0.4, 0.5) is 5.69 Å². The standard InChI is InChI=1S/C14H20N2O4/c1-3-19-12-6-11(16(17)18)7-13(8-12)20-14-9-15-5-4-10(14)2/h6-8,10,14-15H,3-5,9H2,1-2H3. The summed E-state index contributed by atoms with van der Waals surface area (Å²) in [6.07, 6.45) is 1.07. The summed E-state index contributed by atoms with van der Waals surface area (Å²) in [4.78, 5) is 10.5. The van der Waals surface area contributed by atoms with Crippen molar-refractivity contribution < 1.29 is 14.4 Å². The zero-order chi connectivity index (χ0) is 14.5. The third kappa shape index (κ3) is 3.60. The molecule has 6 heteroatoms. The van der Waals surface area contributed by atoms with Gasteiger partial charge >= 0.3 is 0 Å². The van der Waals surface area contributed by atoms with Crippen LogP contribution in [-0.2, 0) is 0 Å². The minimum absolute atomic E-state index is 0.0117. The zero-order valence-electron chi connectivity index (χ0n) is 11.8. The van der Waals surface area contributed by atoms with Crippen molar-refractivity contribution in [3.05, 3.63) is 28.3 Å². The first-order chi connectivity index (χ1) is 9.60. The fourth-order valence-electron chi connectivity index (χ4n) is 2.27. The summed E-state index contributed by atoms with van der Waals surface area (Å²) in [6.45, 7) is 6.18. The van der Waals surface area contributed by atoms with Crippen molar-refractivity contribution in [3.63, 3.8) is 0 Å². The van der Waals surface area contributed by atoms with E-state index in [4.69, 9.17) is 9.47 Å². The Labute approximate surface area is 118 Å². The molecule has 1 aliphatic rings. The highest BCUT2D eigenvalue weighted by Gasteiger charge is 2.23. The second-order valence-corrected chi connectivity index (χ2v) is 4.98. The molecule has 0 aliphatic carbocycles. The Morgan fingerprint density at radius 1 is 1.40 bits per heavy atom. The van der Waals surface area contributed by atoms with Gasteiger partial charge in [-0.1, -0.05) is 6.92 Å². The lowest BCUT2D eigenvalue weighted by atomic mass is 9.97. The molecule has 6 nitrogen and oxygen atoms in total. The maximum atomic E-state index is 10.9. The van der Waals surface area contributed by atoms with Crippen molar-refractivity contribution in [2.45, 2.75) is 26.4 Å². The third-order valence-electron chi connectivity index (χ3n) is 3.43. The van der Waals surface area contributed by atoms with E-state index in [0.717, 1.165) is 19.5 Å². The van der Waals surface area contributed by atoms with Gasteiger partial charge in [0, 0.05) is 12.6 Å². The highest BCUT2D eigenvalue weighted by molar-refractivity contribution is 5.46. The van der Waals surface area contributed by atoms with Crippen molar-refractivity contribution in [2.75, 3.05) is 19.7 Å². The number of nitrogens with one attached hydrogen (secondary N) is 1. The van der Waals surface area contributed by atoms with Gasteiger partial charge in [-0.15, -0.1) is 0 Å². The monoisotopic (exact) mass is 280 g/mol. The van der Waals surface area contributed by atoms with E-state index < -0.39 is 4.92 Å². The molecule has 1 saturated heterocycles. The molecule has 0 bridgehead atoms. The van der Waals surface area contributed by atoms with E-state index in [1.165, 1.54) is 12.1 Å². The van der Waals surface area contributed by atoms with Crippen LogP contribution in [0.15, 0.2) is 18.2 Å². The Balaban J connectivity index is 2.18. The lowest BCUT2D eigenvalue weighted by Gasteiger charge is -2.30. The summed E-state index contributed by atoms with van der Waals surface area (Å²) in [6, 6.07) is 4.57. The first-order valence-corrected chi connectivity index (χ1v) is 6.89. The Morgan fingerprint density at radius 3 is 2.80 bits per heavy atom. The molecule has 1 aromatic carbocycles. The first kappa shape index (κ1) is 14.6. The normalized spacial score (nSPS) is 22.3. The molecule has 20 heavy (non-hydrogen) atoms. The average Bonchev–Trinajstić information content (AvgIpc) is 2.41. The van der Waals surface area contributed by atoms with Crippen LogP contribution in [0, 0.1) is 16.0 Å². The average molecular weight is 280 g/mol. The van der Waals surface area contributed by atoms with Gasteiger partial charge in [0.2, 0.25) is 0 Å². The highest BCUT2D eigenvalue weighted by Crippen LogP contribution is 2.29. The molecule has 2 atom stereocenters. The molecule has 0 amide bonds. The molecule has 0 spiro atoms. The summed E-state index contributed by atoms with van der Waals surface area (Å²) < 4.78 is 11.3. The van der Waals surface area contributed by atoms with Crippen LogP contribution in [-0.4, -0.2) is 30.7 Å². The minimum Gasteiger partial charge on any atom is -0.493 e. The summed E-state index contributed by atoms with van der Waals surface area (Å²) in [5.74, 6) is 1.38.